The van der Waals surface area contributed by atoms with Crippen LogP contribution in [-0.4, -0.2) is 6.54 Å². The zero-order valence-corrected chi connectivity index (χ0v) is 9.55. The molecule has 0 radical (unpaired) electrons. The third-order valence-corrected chi connectivity index (χ3v) is 3.54. The molecule has 0 unspecified atom stereocenters. The first-order valence-electron chi connectivity index (χ1n) is 4.15. The first-order valence-corrected chi connectivity index (χ1v) is 5.34. The molecule has 1 rings (SSSR count). The molecule has 1 heterocycles. The van der Waals surface area contributed by atoms with Crippen molar-refractivity contribution in [2.24, 2.45) is 11.1 Å². The summed E-state index contributed by atoms with van der Waals surface area (Å²) in [4.78, 5) is -0.0297. The summed E-state index contributed by atoms with van der Waals surface area (Å²) in [5, 5.41) is 0. The van der Waals surface area contributed by atoms with Gasteiger partial charge in [0, 0.05) is 12.0 Å². The van der Waals surface area contributed by atoms with Gasteiger partial charge < -0.3 is 5.73 Å². The molecule has 1 nitrogen and oxygen atoms in total. The average Bonchev–Trinajstić information content (AvgIpc) is 2.52. The first-order chi connectivity index (χ1) is 6.31. The number of thiophene rings is 1. The lowest BCUT2D eigenvalue weighted by molar-refractivity contribution is -0.105. The van der Waals surface area contributed by atoms with Crippen molar-refractivity contribution in [2.45, 2.75) is 19.8 Å². The van der Waals surface area contributed by atoms with E-state index in [1.54, 1.807) is 0 Å². The van der Waals surface area contributed by atoms with Gasteiger partial charge in [-0.15, -0.1) is 11.3 Å². The van der Waals surface area contributed by atoms with Gasteiger partial charge >= 0.3 is 0 Å². The lowest BCUT2D eigenvalue weighted by Crippen LogP contribution is -2.39. The molecule has 0 aliphatic rings. The lowest BCUT2D eigenvalue weighted by Gasteiger charge is -2.31. The highest BCUT2D eigenvalue weighted by molar-refractivity contribution is 7.16. The quantitative estimate of drug-likeness (QED) is 0.859. The number of halogens is 3. The molecule has 5 heteroatoms. The van der Waals surface area contributed by atoms with Gasteiger partial charge in [-0.1, -0.05) is 25.4 Å². The average molecular weight is 240 g/mol. The fraction of sp³-hybridized carbons (Fsp3) is 0.556. The van der Waals surface area contributed by atoms with Crippen LogP contribution in [0.2, 0.25) is 4.34 Å². The molecule has 0 saturated carbocycles. The van der Waals surface area contributed by atoms with Crippen molar-refractivity contribution >= 4 is 22.9 Å². The van der Waals surface area contributed by atoms with Gasteiger partial charge in [-0.05, 0) is 12.1 Å². The van der Waals surface area contributed by atoms with Crippen LogP contribution < -0.4 is 5.73 Å². The molecule has 0 atom stereocenters. The molecule has 0 spiro atoms. The third kappa shape index (κ3) is 1.92. The van der Waals surface area contributed by atoms with Gasteiger partial charge in [-0.25, -0.2) is 0 Å². The SMILES string of the molecule is CC(C)(CN)C(F)(F)c1ccc(Cl)s1. The molecule has 2 N–H and O–H groups in total. The van der Waals surface area contributed by atoms with E-state index in [2.05, 4.69) is 0 Å². The van der Waals surface area contributed by atoms with Crippen LogP contribution >= 0.6 is 22.9 Å². The molecule has 0 bridgehead atoms. The van der Waals surface area contributed by atoms with E-state index >= 15 is 0 Å². The van der Waals surface area contributed by atoms with Gasteiger partial charge in [0.05, 0.1) is 9.21 Å². The van der Waals surface area contributed by atoms with Gasteiger partial charge in [-0.3, -0.25) is 0 Å². The largest absolute Gasteiger partial charge is 0.330 e. The maximum atomic E-state index is 13.8. The fourth-order valence-corrected chi connectivity index (χ4v) is 2.14. The minimum Gasteiger partial charge on any atom is -0.330 e. The van der Waals surface area contributed by atoms with Crippen molar-refractivity contribution in [3.8, 4) is 0 Å². The fourth-order valence-electron chi connectivity index (χ4n) is 0.945. The number of hydrogen-bond acceptors (Lipinski definition) is 2. The van der Waals surface area contributed by atoms with E-state index in [0.29, 0.717) is 4.34 Å². The number of rotatable bonds is 3. The summed E-state index contributed by atoms with van der Waals surface area (Å²) in [6.45, 7) is 2.82. The second-order valence-corrected chi connectivity index (χ2v) is 5.48. The lowest BCUT2D eigenvalue weighted by atomic mass is 9.85. The molecule has 80 valence electrons. The maximum absolute atomic E-state index is 13.8. The Hall–Kier alpha value is -0.190. The second-order valence-electron chi connectivity index (χ2n) is 3.77. The summed E-state index contributed by atoms with van der Waals surface area (Å²) >= 11 is 6.51. The molecule has 1 aromatic heterocycles. The standard InChI is InChI=1S/C9H12ClF2NS/c1-8(2,5-13)9(11,12)6-3-4-7(10)14-6/h3-4H,5,13H2,1-2H3. The molecule has 0 amide bonds. The highest BCUT2D eigenvalue weighted by atomic mass is 35.5. The number of hydrogen-bond donors (Lipinski definition) is 1. The smallest absolute Gasteiger partial charge is 0.288 e. The summed E-state index contributed by atoms with van der Waals surface area (Å²) in [5.41, 5.74) is 4.08. The normalized spacial score (nSPS) is 13.3. The Morgan fingerprint density at radius 2 is 2.00 bits per heavy atom. The summed E-state index contributed by atoms with van der Waals surface area (Å²) in [6, 6.07) is 2.83. The second kappa shape index (κ2) is 3.76. The van der Waals surface area contributed by atoms with Gasteiger partial charge in [0.25, 0.3) is 5.92 Å². The van der Waals surface area contributed by atoms with E-state index < -0.39 is 11.3 Å². The topological polar surface area (TPSA) is 26.0 Å². The van der Waals surface area contributed by atoms with Crippen molar-refractivity contribution in [3.05, 3.63) is 21.3 Å². The van der Waals surface area contributed by atoms with Crippen LogP contribution in [0, 0.1) is 5.41 Å². The molecule has 0 fully saturated rings. The van der Waals surface area contributed by atoms with E-state index in [1.807, 2.05) is 0 Å². The zero-order valence-electron chi connectivity index (χ0n) is 7.98. The van der Waals surface area contributed by atoms with Crippen LogP contribution in [0.5, 0.6) is 0 Å². The maximum Gasteiger partial charge on any atom is 0.288 e. The van der Waals surface area contributed by atoms with Gasteiger partial charge in [-0.2, -0.15) is 8.78 Å². The minimum absolute atomic E-state index is 0.0297. The van der Waals surface area contributed by atoms with Gasteiger partial charge in [0.15, 0.2) is 0 Å². The van der Waals surface area contributed by atoms with Crippen LogP contribution in [0.3, 0.4) is 0 Å². The summed E-state index contributed by atoms with van der Waals surface area (Å²) < 4.78 is 28.0. The summed E-state index contributed by atoms with van der Waals surface area (Å²) in [7, 11) is 0. The molecular weight excluding hydrogens is 228 g/mol. The minimum atomic E-state index is -2.93. The van der Waals surface area contributed by atoms with E-state index in [1.165, 1.54) is 26.0 Å². The van der Waals surface area contributed by atoms with Crippen molar-refractivity contribution in [2.75, 3.05) is 6.54 Å². The number of nitrogens with two attached hydrogens (primary N) is 1. The Kier molecular flexibility index (Phi) is 3.19. The van der Waals surface area contributed by atoms with Crippen LogP contribution in [-0.2, 0) is 5.92 Å². The highest BCUT2D eigenvalue weighted by Gasteiger charge is 2.48. The molecular formula is C9H12ClF2NS. The van der Waals surface area contributed by atoms with Crippen LogP contribution in [0.25, 0.3) is 0 Å². The Balaban J connectivity index is 3.07. The first kappa shape index (κ1) is 11.9. The molecule has 0 aromatic carbocycles. The molecule has 1 aromatic rings. The molecule has 0 saturated heterocycles. The van der Waals surface area contributed by atoms with Crippen molar-refractivity contribution in [3.63, 3.8) is 0 Å². The van der Waals surface area contributed by atoms with E-state index in [9.17, 15) is 8.78 Å². The Labute approximate surface area is 90.9 Å². The third-order valence-electron chi connectivity index (χ3n) is 2.24. The Bertz CT molecular complexity index is 322. The molecule has 0 aliphatic carbocycles. The predicted molar refractivity (Wildman–Crippen MR) is 56.1 cm³/mol. The van der Waals surface area contributed by atoms with Crippen LogP contribution in [0.4, 0.5) is 8.78 Å². The van der Waals surface area contributed by atoms with E-state index in [4.69, 9.17) is 17.3 Å². The van der Waals surface area contributed by atoms with E-state index in [-0.39, 0.29) is 11.4 Å². The van der Waals surface area contributed by atoms with Crippen LogP contribution in [0.15, 0.2) is 12.1 Å². The summed E-state index contributed by atoms with van der Waals surface area (Å²) in [6.07, 6.45) is 0. The molecule has 14 heavy (non-hydrogen) atoms. The van der Waals surface area contributed by atoms with Crippen molar-refractivity contribution in [1.29, 1.82) is 0 Å². The van der Waals surface area contributed by atoms with Gasteiger partial charge in [0.2, 0.25) is 0 Å². The van der Waals surface area contributed by atoms with Crippen LogP contribution in [0.1, 0.15) is 18.7 Å². The van der Waals surface area contributed by atoms with E-state index in [0.717, 1.165) is 11.3 Å². The van der Waals surface area contributed by atoms with Gasteiger partial charge in [0.1, 0.15) is 0 Å². The monoisotopic (exact) mass is 239 g/mol. The summed E-state index contributed by atoms with van der Waals surface area (Å²) in [5.74, 6) is -2.93. The highest BCUT2D eigenvalue weighted by Crippen LogP contribution is 2.47. The predicted octanol–water partition coefficient (Wildman–Crippen LogP) is 3.48. The zero-order chi connectivity index (χ0) is 11.0. The van der Waals surface area contributed by atoms with Crippen molar-refractivity contribution < 1.29 is 8.78 Å². The Morgan fingerprint density at radius 1 is 1.43 bits per heavy atom. The van der Waals surface area contributed by atoms with Crippen molar-refractivity contribution in [1.82, 2.24) is 0 Å². The Morgan fingerprint density at radius 3 is 2.36 bits per heavy atom. The number of alkyl halides is 2. The molecule has 0 aliphatic heterocycles.